The number of hydrogen-bond donors (Lipinski definition) is 0. The summed E-state index contributed by atoms with van der Waals surface area (Å²) in [5.41, 5.74) is 1.01. The van der Waals surface area contributed by atoms with Crippen LogP contribution in [0.5, 0.6) is 0 Å². The smallest absolute Gasteiger partial charge is 0.244 e. The lowest BCUT2D eigenvalue weighted by molar-refractivity contribution is -0.132. The van der Waals surface area contributed by atoms with Crippen LogP contribution in [0, 0.1) is 12.8 Å². The van der Waals surface area contributed by atoms with Gasteiger partial charge >= 0.3 is 0 Å². The minimum Gasteiger partial charge on any atom is -0.296 e. The van der Waals surface area contributed by atoms with E-state index in [0.29, 0.717) is 0 Å². The van der Waals surface area contributed by atoms with Gasteiger partial charge in [0.1, 0.15) is 0 Å². The monoisotopic (exact) mass is 267 g/mol. The van der Waals surface area contributed by atoms with Crippen molar-refractivity contribution < 1.29 is 13.2 Å². The first-order valence-electron chi connectivity index (χ1n) is 5.95. The number of Topliss-reactive ketones (excluding diaryl/α,β-unsaturated/α-hetero) is 1. The molecule has 1 heterocycles. The number of carbonyl (C=O) groups is 1. The lowest BCUT2D eigenvalue weighted by Crippen LogP contribution is -2.61. The van der Waals surface area contributed by atoms with Gasteiger partial charge in [-0.3, -0.25) is 4.79 Å². The number of sulfonamides is 1. The van der Waals surface area contributed by atoms with Crippen LogP contribution in [0.25, 0.3) is 0 Å². The van der Waals surface area contributed by atoms with Gasteiger partial charge in [0, 0.05) is 0 Å². The molecule has 1 aromatic carbocycles. The van der Waals surface area contributed by atoms with Crippen molar-refractivity contribution in [1.82, 2.24) is 4.31 Å². The summed E-state index contributed by atoms with van der Waals surface area (Å²) in [5.74, 6) is 0.00663. The average molecular weight is 267 g/mol. The van der Waals surface area contributed by atoms with Gasteiger partial charge in [0.2, 0.25) is 10.0 Å². The van der Waals surface area contributed by atoms with E-state index in [-0.39, 0.29) is 23.1 Å². The Labute approximate surface area is 108 Å². The van der Waals surface area contributed by atoms with Crippen LogP contribution in [0.15, 0.2) is 29.2 Å². The SMILES string of the molecule is Cc1ccc(S(=O)(=O)N2CC(=O)[C@@H]2C(C)C)cc1. The fourth-order valence-electron chi connectivity index (χ4n) is 2.18. The van der Waals surface area contributed by atoms with Crippen molar-refractivity contribution >= 4 is 15.8 Å². The van der Waals surface area contributed by atoms with Crippen molar-refractivity contribution in [2.24, 2.45) is 5.92 Å². The molecule has 18 heavy (non-hydrogen) atoms. The summed E-state index contributed by atoms with van der Waals surface area (Å²) in [6.45, 7) is 5.62. The number of aryl methyl sites for hydroxylation is 1. The number of rotatable bonds is 3. The van der Waals surface area contributed by atoms with E-state index in [0.717, 1.165) is 5.56 Å². The number of nitrogens with zero attached hydrogens (tertiary/aromatic N) is 1. The topological polar surface area (TPSA) is 54.5 Å². The van der Waals surface area contributed by atoms with Crippen molar-refractivity contribution in [3.8, 4) is 0 Å². The molecule has 2 rings (SSSR count). The first kappa shape index (κ1) is 13.2. The van der Waals surface area contributed by atoms with Gasteiger partial charge in [-0.2, -0.15) is 4.31 Å². The van der Waals surface area contributed by atoms with Gasteiger partial charge < -0.3 is 0 Å². The predicted molar refractivity (Wildman–Crippen MR) is 68.7 cm³/mol. The Kier molecular flexibility index (Phi) is 3.29. The maximum absolute atomic E-state index is 12.4. The zero-order valence-electron chi connectivity index (χ0n) is 10.8. The highest BCUT2D eigenvalue weighted by molar-refractivity contribution is 7.89. The number of benzene rings is 1. The van der Waals surface area contributed by atoms with E-state index in [2.05, 4.69) is 0 Å². The lowest BCUT2D eigenvalue weighted by atomic mass is 9.94. The van der Waals surface area contributed by atoms with Gasteiger partial charge in [-0.15, -0.1) is 0 Å². The molecule has 98 valence electrons. The molecule has 1 aliphatic rings. The molecule has 0 saturated carbocycles. The highest BCUT2D eigenvalue weighted by Gasteiger charge is 2.46. The molecule has 1 fully saturated rings. The minimum atomic E-state index is -3.53. The summed E-state index contributed by atoms with van der Waals surface area (Å²) in [6.07, 6.45) is 0. The Balaban J connectivity index is 2.33. The number of ketones is 1. The molecule has 0 aliphatic carbocycles. The highest BCUT2D eigenvalue weighted by Crippen LogP contribution is 2.28. The van der Waals surface area contributed by atoms with Gasteiger partial charge in [-0.05, 0) is 25.0 Å². The molecule has 0 amide bonds. The van der Waals surface area contributed by atoms with Crippen molar-refractivity contribution in [3.63, 3.8) is 0 Å². The average Bonchev–Trinajstić information content (AvgIpc) is 2.25. The molecule has 1 saturated heterocycles. The Bertz CT molecular complexity index is 560. The first-order chi connectivity index (χ1) is 8.34. The van der Waals surface area contributed by atoms with Crippen LogP contribution in [0.3, 0.4) is 0 Å². The quantitative estimate of drug-likeness (QED) is 0.835. The summed E-state index contributed by atoms with van der Waals surface area (Å²) in [5, 5.41) is 0. The fourth-order valence-corrected chi connectivity index (χ4v) is 3.89. The van der Waals surface area contributed by atoms with Gasteiger partial charge in [-0.25, -0.2) is 8.42 Å². The van der Waals surface area contributed by atoms with Gasteiger partial charge in [0.05, 0.1) is 17.5 Å². The van der Waals surface area contributed by atoms with Gasteiger partial charge in [0.25, 0.3) is 0 Å². The van der Waals surface area contributed by atoms with Crippen molar-refractivity contribution in [3.05, 3.63) is 29.8 Å². The second kappa shape index (κ2) is 4.48. The highest BCUT2D eigenvalue weighted by atomic mass is 32.2. The van der Waals surface area contributed by atoms with E-state index < -0.39 is 16.1 Å². The molecule has 0 aromatic heterocycles. The van der Waals surface area contributed by atoms with Crippen LogP contribution in [-0.2, 0) is 14.8 Å². The summed E-state index contributed by atoms with van der Waals surface area (Å²) in [6, 6.07) is 6.20. The molecular formula is C13H17NO3S. The Morgan fingerprint density at radius 1 is 1.22 bits per heavy atom. The van der Waals surface area contributed by atoms with Crippen LogP contribution in [-0.4, -0.2) is 31.1 Å². The molecule has 0 N–H and O–H groups in total. The van der Waals surface area contributed by atoms with E-state index in [1.54, 1.807) is 24.3 Å². The van der Waals surface area contributed by atoms with Crippen LogP contribution in [0.2, 0.25) is 0 Å². The van der Waals surface area contributed by atoms with Crippen LogP contribution < -0.4 is 0 Å². The normalized spacial score (nSPS) is 21.1. The first-order valence-corrected chi connectivity index (χ1v) is 7.39. The third kappa shape index (κ3) is 2.08. The Morgan fingerprint density at radius 3 is 2.22 bits per heavy atom. The molecule has 0 spiro atoms. The summed E-state index contributed by atoms with van der Waals surface area (Å²) in [7, 11) is -3.53. The summed E-state index contributed by atoms with van der Waals surface area (Å²) in [4.78, 5) is 11.8. The maximum atomic E-state index is 12.4. The maximum Gasteiger partial charge on any atom is 0.244 e. The molecular weight excluding hydrogens is 250 g/mol. The second-order valence-electron chi connectivity index (χ2n) is 5.02. The van der Waals surface area contributed by atoms with Crippen molar-refractivity contribution in [1.29, 1.82) is 0 Å². The summed E-state index contributed by atoms with van der Waals surface area (Å²) >= 11 is 0. The van der Waals surface area contributed by atoms with Crippen LogP contribution >= 0.6 is 0 Å². The van der Waals surface area contributed by atoms with Crippen molar-refractivity contribution in [2.75, 3.05) is 6.54 Å². The standard InChI is InChI=1S/C13H17NO3S/c1-9(2)13-12(15)8-14(13)18(16,17)11-6-4-10(3)5-7-11/h4-7,9,13H,8H2,1-3H3/t13-/m0/s1. The van der Waals surface area contributed by atoms with E-state index in [1.165, 1.54) is 4.31 Å². The van der Waals surface area contributed by atoms with E-state index in [9.17, 15) is 13.2 Å². The van der Waals surface area contributed by atoms with Crippen LogP contribution in [0.1, 0.15) is 19.4 Å². The Hall–Kier alpha value is -1.20. The zero-order valence-corrected chi connectivity index (χ0v) is 11.6. The molecule has 0 radical (unpaired) electrons. The van der Waals surface area contributed by atoms with Crippen molar-refractivity contribution in [2.45, 2.75) is 31.7 Å². The molecule has 0 unspecified atom stereocenters. The minimum absolute atomic E-state index is 0.000636. The molecule has 0 bridgehead atoms. The number of carbonyl (C=O) groups excluding carboxylic acids is 1. The van der Waals surface area contributed by atoms with E-state index in [4.69, 9.17) is 0 Å². The lowest BCUT2D eigenvalue weighted by Gasteiger charge is -2.40. The summed E-state index contributed by atoms with van der Waals surface area (Å²) < 4.78 is 26.0. The molecule has 1 atom stereocenters. The van der Waals surface area contributed by atoms with Crippen LogP contribution in [0.4, 0.5) is 0 Å². The van der Waals surface area contributed by atoms with Gasteiger partial charge in [0.15, 0.2) is 5.78 Å². The molecule has 1 aliphatic heterocycles. The van der Waals surface area contributed by atoms with Gasteiger partial charge in [-0.1, -0.05) is 31.5 Å². The third-order valence-electron chi connectivity index (χ3n) is 3.21. The molecule has 1 aromatic rings. The van der Waals surface area contributed by atoms with E-state index >= 15 is 0 Å². The number of hydrogen-bond acceptors (Lipinski definition) is 3. The third-order valence-corrected chi connectivity index (χ3v) is 5.05. The molecule has 4 nitrogen and oxygen atoms in total. The second-order valence-corrected chi connectivity index (χ2v) is 6.91. The molecule has 5 heteroatoms. The predicted octanol–water partition coefficient (Wildman–Crippen LogP) is 1.59. The zero-order chi connectivity index (χ0) is 13.5. The van der Waals surface area contributed by atoms with E-state index in [1.807, 2.05) is 20.8 Å². The Morgan fingerprint density at radius 2 is 1.78 bits per heavy atom. The largest absolute Gasteiger partial charge is 0.296 e. The fraction of sp³-hybridized carbons (Fsp3) is 0.462.